The van der Waals surface area contributed by atoms with Gasteiger partial charge in [0.25, 0.3) is 5.91 Å². The zero-order valence-electron chi connectivity index (χ0n) is 24.2. The van der Waals surface area contributed by atoms with Crippen molar-refractivity contribution in [2.24, 2.45) is 5.41 Å². The molecule has 3 heterocycles. The highest BCUT2D eigenvalue weighted by Gasteiger charge is 2.40. The number of nitrogens with zero attached hydrogens (tertiary/aromatic N) is 2. The highest BCUT2D eigenvalue weighted by molar-refractivity contribution is 6.30. The van der Waals surface area contributed by atoms with Gasteiger partial charge in [0.2, 0.25) is 0 Å². The molecule has 3 aliphatic heterocycles. The zero-order chi connectivity index (χ0) is 31.6. The normalized spacial score (nSPS) is 19.2. The van der Waals surface area contributed by atoms with Gasteiger partial charge in [0.05, 0.1) is 6.42 Å². The Kier molecular flexibility index (Phi) is 9.66. The van der Waals surface area contributed by atoms with Crippen LogP contribution in [0.4, 0.5) is 13.2 Å². The van der Waals surface area contributed by atoms with Crippen LogP contribution in [-0.4, -0.2) is 75.8 Å². The van der Waals surface area contributed by atoms with Crippen molar-refractivity contribution >= 4 is 29.4 Å². The Bertz CT molecular complexity index is 1360. The molecule has 1 amide bonds. The van der Waals surface area contributed by atoms with Crippen LogP contribution in [0.15, 0.2) is 36.4 Å². The van der Waals surface area contributed by atoms with Crippen molar-refractivity contribution in [1.29, 1.82) is 0 Å². The highest BCUT2D eigenvalue weighted by atomic mass is 35.5. The first-order valence-corrected chi connectivity index (χ1v) is 14.6. The quantitative estimate of drug-likeness (QED) is 0.431. The van der Waals surface area contributed by atoms with Crippen LogP contribution in [-0.2, 0) is 29.0 Å². The number of rotatable bonds is 5. The fraction of sp³-hybridized carbons (Fsp3) is 0.516. The number of hydrogen-bond acceptors (Lipinski definition) is 5. The molecule has 0 atom stereocenters. The molecule has 5 rings (SSSR count). The van der Waals surface area contributed by atoms with Gasteiger partial charge < -0.3 is 19.8 Å². The maximum atomic E-state index is 13.2. The number of carboxylic acid groups (broad SMARTS) is 2. The molecular formula is C31H36ClF3N2O6. The molecule has 2 aromatic rings. The summed E-state index contributed by atoms with van der Waals surface area (Å²) in [6.45, 7) is 8.76. The Balaban J connectivity index is 0.000000541. The van der Waals surface area contributed by atoms with E-state index < -0.39 is 18.1 Å². The van der Waals surface area contributed by atoms with Gasteiger partial charge in [-0.15, -0.1) is 0 Å². The number of fused-ring (bicyclic) bond motifs is 1. The Morgan fingerprint density at radius 1 is 0.953 bits per heavy atom. The summed E-state index contributed by atoms with van der Waals surface area (Å²) in [5, 5.41) is 16.8. The first kappa shape index (κ1) is 32.6. The van der Waals surface area contributed by atoms with Crippen LogP contribution >= 0.6 is 11.6 Å². The summed E-state index contributed by atoms with van der Waals surface area (Å²) in [7, 11) is 0. The van der Waals surface area contributed by atoms with Crippen LogP contribution in [0.5, 0.6) is 5.75 Å². The monoisotopic (exact) mass is 624 g/mol. The van der Waals surface area contributed by atoms with Crippen molar-refractivity contribution < 1.29 is 42.5 Å². The molecule has 0 aliphatic carbocycles. The minimum absolute atomic E-state index is 0.0870. The Hall–Kier alpha value is -3.31. The van der Waals surface area contributed by atoms with Crippen LogP contribution < -0.4 is 4.74 Å². The van der Waals surface area contributed by atoms with E-state index in [0.29, 0.717) is 29.2 Å². The molecule has 0 aromatic heterocycles. The van der Waals surface area contributed by atoms with E-state index >= 15 is 0 Å². The lowest BCUT2D eigenvalue weighted by molar-refractivity contribution is -0.192. The fourth-order valence-electron chi connectivity index (χ4n) is 6.16. The fourth-order valence-corrected chi connectivity index (χ4v) is 6.36. The third-order valence-corrected chi connectivity index (χ3v) is 8.71. The minimum Gasteiger partial charge on any atom is -0.487 e. The zero-order valence-corrected chi connectivity index (χ0v) is 24.9. The second-order valence-electron chi connectivity index (χ2n) is 12.2. The molecule has 43 heavy (non-hydrogen) atoms. The van der Waals surface area contributed by atoms with Gasteiger partial charge in [0.1, 0.15) is 11.4 Å². The Labute approximate surface area is 253 Å². The number of amides is 1. The standard InChI is InChI=1S/C29H35ClN2O4.C2HF3O2/c1-28(2)18-20-4-3-5-21(26(20)36-28)19-31-12-8-29(9-13-31)10-14-32(15-11-29)27(35)24-7-6-23(30)16-22(24)17-25(33)34;3-2(4,5)1(6)7/h3-7,16H,8-15,17-19H2,1-2H3,(H,33,34);(H,6,7). The van der Waals surface area contributed by atoms with Gasteiger partial charge in [0, 0.05) is 42.2 Å². The Morgan fingerprint density at radius 3 is 2.14 bits per heavy atom. The largest absolute Gasteiger partial charge is 0.490 e. The number of carbonyl (C=O) groups excluding carboxylic acids is 1. The number of carboxylic acids is 2. The van der Waals surface area contributed by atoms with Gasteiger partial charge in [-0.05, 0) is 87.4 Å². The number of alkyl halides is 3. The lowest BCUT2D eigenvalue weighted by Crippen LogP contribution is -2.48. The third kappa shape index (κ3) is 8.20. The number of carbonyl (C=O) groups is 3. The molecule has 2 aromatic carbocycles. The average molecular weight is 625 g/mol. The summed E-state index contributed by atoms with van der Waals surface area (Å²) in [5.41, 5.74) is 3.69. The summed E-state index contributed by atoms with van der Waals surface area (Å²) in [6.07, 6.45) is -0.0626. The molecule has 234 valence electrons. The first-order chi connectivity index (χ1) is 20.1. The number of benzene rings is 2. The van der Waals surface area contributed by atoms with Crippen molar-refractivity contribution in [3.63, 3.8) is 0 Å². The van der Waals surface area contributed by atoms with E-state index in [-0.39, 0.29) is 23.3 Å². The van der Waals surface area contributed by atoms with Crippen molar-refractivity contribution in [1.82, 2.24) is 9.80 Å². The maximum Gasteiger partial charge on any atom is 0.490 e. The van der Waals surface area contributed by atoms with Crippen LogP contribution in [0.3, 0.4) is 0 Å². The van der Waals surface area contributed by atoms with E-state index in [0.717, 1.165) is 57.5 Å². The average Bonchev–Trinajstić information content (AvgIpc) is 3.25. The van der Waals surface area contributed by atoms with Crippen LogP contribution in [0.25, 0.3) is 0 Å². The molecule has 2 N–H and O–H groups in total. The highest BCUT2D eigenvalue weighted by Crippen LogP contribution is 2.43. The molecule has 2 saturated heterocycles. The number of para-hydroxylation sites is 1. The molecule has 0 unspecified atom stereocenters. The molecule has 0 bridgehead atoms. The van der Waals surface area contributed by atoms with Gasteiger partial charge in [-0.2, -0.15) is 13.2 Å². The minimum atomic E-state index is -5.08. The van der Waals surface area contributed by atoms with Crippen LogP contribution in [0.1, 0.15) is 66.6 Å². The summed E-state index contributed by atoms with van der Waals surface area (Å²) >= 11 is 6.06. The molecule has 0 saturated carbocycles. The topological polar surface area (TPSA) is 107 Å². The van der Waals surface area contributed by atoms with Crippen molar-refractivity contribution in [3.8, 4) is 5.75 Å². The SMILES string of the molecule is CC1(C)Cc2cccc(CN3CCC4(CC3)CCN(C(=O)c3ccc(Cl)cc3CC(=O)O)CC4)c2O1.O=C(O)C(F)(F)F. The van der Waals surface area contributed by atoms with E-state index in [4.69, 9.17) is 26.2 Å². The lowest BCUT2D eigenvalue weighted by atomic mass is 9.71. The first-order valence-electron chi connectivity index (χ1n) is 14.2. The molecule has 1 spiro atoms. The van der Waals surface area contributed by atoms with Crippen LogP contribution in [0, 0.1) is 5.41 Å². The number of aliphatic carboxylic acids is 2. The number of ether oxygens (including phenoxy) is 1. The molecule has 2 fully saturated rings. The van der Waals surface area contributed by atoms with E-state index in [9.17, 15) is 27.9 Å². The lowest BCUT2D eigenvalue weighted by Gasteiger charge is -2.47. The number of hydrogen-bond donors (Lipinski definition) is 2. The number of likely N-dealkylation sites (tertiary alicyclic amines) is 2. The summed E-state index contributed by atoms with van der Waals surface area (Å²) in [5.74, 6) is -2.73. The van der Waals surface area contributed by atoms with Crippen molar-refractivity contribution in [2.75, 3.05) is 26.2 Å². The van der Waals surface area contributed by atoms with Crippen molar-refractivity contribution in [2.45, 2.75) is 70.7 Å². The number of halogens is 4. The van der Waals surface area contributed by atoms with E-state index in [1.165, 1.54) is 11.1 Å². The third-order valence-electron chi connectivity index (χ3n) is 8.48. The smallest absolute Gasteiger partial charge is 0.487 e. The predicted octanol–water partition coefficient (Wildman–Crippen LogP) is 5.83. The van der Waals surface area contributed by atoms with Gasteiger partial charge in [-0.1, -0.05) is 29.8 Å². The van der Waals surface area contributed by atoms with E-state index in [2.05, 4.69) is 36.9 Å². The van der Waals surface area contributed by atoms with Crippen molar-refractivity contribution in [3.05, 3.63) is 63.7 Å². The predicted molar refractivity (Wildman–Crippen MR) is 153 cm³/mol. The maximum absolute atomic E-state index is 13.2. The second-order valence-corrected chi connectivity index (χ2v) is 12.6. The summed E-state index contributed by atoms with van der Waals surface area (Å²) in [6, 6.07) is 11.5. The molecule has 12 heteroatoms. The summed E-state index contributed by atoms with van der Waals surface area (Å²) < 4.78 is 38.0. The van der Waals surface area contributed by atoms with Crippen LogP contribution in [0.2, 0.25) is 5.02 Å². The van der Waals surface area contributed by atoms with Gasteiger partial charge in [-0.3, -0.25) is 14.5 Å². The van der Waals surface area contributed by atoms with Gasteiger partial charge in [-0.25, -0.2) is 4.79 Å². The summed E-state index contributed by atoms with van der Waals surface area (Å²) in [4.78, 5) is 37.9. The molecule has 3 aliphatic rings. The van der Waals surface area contributed by atoms with Gasteiger partial charge >= 0.3 is 18.1 Å². The number of piperidine rings is 2. The second kappa shape index (κ2) is 12.7. The van der Waals surface area contributed by atoms with E-state index in [1.807, 2.05) is 4.90 Å². The molecule has 8 nitrogen and oxygen atoms in total. The molecule has 0 radical (unpaired) electrons. The van der Waals surface area contributed by atoms with Gasteiger partial charge in [0.15, 0.2) is 0 Å². The molecular weight excluding hydrogens is 589 g/mol. The Morgan fingerprint density at radius 2 is 1.56 bits per heavy atom. The van der Waals surface area contributed by atoms with E-state index in [1.54, 1.807) is 18.2 Å².